The fourth-order valence-corrected chi connectivity index (χ4v) is 3.48. The van der Waals surface area contributed by atoms with Gasteiger partial charge in [0.1, 0.15) is 11.6 Å². The molecule has 0 bridgehead atoms. The summed E-state index contributed by atoms with van der Waals surface area (Å²) in [6, 6.07) is 7.77. The van der Waals surface area contributed by atoms with Crippen LogP contribution in [0.2, 0.25) is 5.02 Å². The summed E-state index contributed by atoms with van der Waals surface area (Å²) in [6.07, 6.45) is 3.70. The molecule has 138 valence electrons. The highest BCUT2D eigenvalue weighted by atomic mass is 35.5. The van der Waals surface area contributed by atoms with Gasteiger partial charge >= 0.3 is 0 Å². The first-order valence-corrected chi connectivity index (χ1v) is 9.28. The predicted octanol–water partition coefficient (Wildman–Crippen LogP) is 4.92. The highest BCUT2D eigenvalue weighted by Gasteiger charge is 2.21. The zero-order chi connectivity index (χ0) is 18.7. The van der Waals surface area contributed by atoms with Crippen molar-refractivity contribution in [3.05, 3.63) is 58.5 Å². The average molecular weight is 376 g/mol. The number of likely N-dealkylation sites (tertiary alicyclic amines) is 1. The lowest BCUT2D eigenvalue weighted by atomic mass is 9.99. The van der Waals surface area contributed by atoms with Crippen molar-refractivity contribution in [2.24, 2.45) is 5.92 Å². The van der Waals surface area contributed by atoms with Gasteiger partial charge < -0.3 is 10.2 Å². The molecule has 6 heteroatoms. The number of nitrogens with zero attached hydrogens (tertiary/aromatic N) is 2. The summed E-state index contributed by atoms with van der Waals surface area (Å²) in [6.45, 7) is 5.76. The number of halogens is 2. The lowest BCUT2D eigenvalue weighted by Crippen LogP contribution is -2.37. The van der Waals surface area contributed by atoms with Crippen LogP contribution in [0.4, 0.5) is 10.2 Å². The maximum atomic E-state index is 13.2. The molecular weight excluding hydrogens is 353 g/mol. The summed E-state index contributed by atoms with van der Waals surface area (Å²) in [5.41, 5.74) is 1.38. The average Bonchev–Trinajstić information content (AvgIpc) is 2.62. The van der Waals surface area contributed by atoms with Gasteiger partial charge in [0.15, 0.2) is 0 Å². The number of hydrogen-bond acceptors (Lipinski definition) is 3. The number of pyridine rings is 1. The summed E-state index contributed by atoms with van der Waals surface area (Å²) in [7, 11) is 0. The molecule has 1 aromatic carbocycles. The molecule has 1 aliphatic heterocycles. The molecule has 1 fully saturated rings. The van der Waals surface area contributed by atoms with E-state index in [0.717, 1.165) is 31.5 Å². The first-order valence-electron chi connectivity index (χ1n) is 8.91. The molecule has 26 heavy (non-hydrogen) atoms. The van der Waals surface area contributed by atoms with E-state index in [2.05, 4.69) is 17.2 Å². The highest BCUT2D eigenvalue weighted by Crippen LogP contribution is 2.26. The van der Waals surface area contributed by atoms with E-state index in [4.69, 9.17) is 11.6 Å². The van der Waals surface area contributed by atoms with Crippen molar-refractivity contribution in [1.82, 2.24) is 9.88 Å². The number of anilines is 1. The van der Waals surface area contributed by atoms with E-state index in [1.165, 1.54) is 12.1 Å². The molecule has 0 spiro atoms. The maximum absolute atomic E-state index is 13.2. The largest absolute Gasteiger partial charge is 0.363 e. The minimum atomic E-state index is -0.362. The summed E-state index contributed by atoms with van der Waals surface area (Å²) in [5.74, 6) is 0.995. The topological polar surface area (TPSA) is 45.2 Å². The Morgan fingerprint density at radius 1 is 1.31 bits per heavy atom. The Bertz CT molecular complexity index is 773. The molecule has 1 N–H and O–H groups in total. The van der Waals surface area contributed by atoms with E-state index in [0.29, 0.717) is 22.3 Å². The van der Waals surface area contributed by atoms with Crippen molar-refractivity contribution in [1.29, 1.82) is 0 Å². The number of aromatic nitrogens is 1. The van der Waals surface area contributed by atoms with Crippen LogP contribution in [0, 0.1) is 11.7 Å². The van der Waals surface area contributed by atoms with Gasteiger partial charge in [-0.2, -0.15) is 0 Å². The van der Waals surface area contributed by atoms with Gasteiger partial charge in [-0.25, -0.2) is 9.37 Å². The molecule has 1 amide bonds. The van der Waals surface area contributed by atoms with E-state index in [9.17, 15) is 9.18 Å². The maximum Gasteiger partial charge on any atom is 0.255 e. The smallest absolute Gasteiger partial charge is 0.255 e. The second-order valence-electron chi connectivity index (χ2n) is 6.94. The molecule has 2 aromatic rings. The van der Waals surface area contributed by atoms with E-state index in [-0.39, 0.29) is 17.8 Å². The van der Waals surface area contributed by atoms with E-state index < -0.39 is 0 Å². The number of rotatable bonds is 4. The van der Waals surface area contributed by atoms with Gasteiger partial charge in [0.05, 0.1) is 11.6 Å². The minimum Gasteiger partial charge on any atom is -0.363 e. The van der Waals surface area contributed by atoms with Gasteiger partial charge in [-0.3, -0.25) is 4.79 Å². The van der Waals surface area contributed by atoms with Gasteiger partial charge in [-0.05, 0) is 55.5 Å². The van der Waals surface area contributed by atoms with Gasteiger partial charge in [0, 0.05) is 24.3 Å². The number of amides is 1. The molecule has 4 nitrogen and oxygen atoms in total. The SMILES string of the molecule is CC1CCN(C(=O)c2ccc(NC(C)c3ccc(F)cc3Cl)nc2)CC1. The Morgan fingerprint density at radius 3 is 2.65 bits per heavy atom. The van der Waals surface area contributed by atoms with Gasteiger partial charge in [0.2, 0.25) is 0 Å². The number of benzene rings is 1. The van der Waals surface area contributed by atoms with Crippen molar-refractivity contribution in [2.45, 2.75) is 32.7 Å². The van der Waals surface area contributed by atoms with Crippen molar-refractivity contribution in [2.75, 3.05) is 18.4 Å². The Hall–Kier alpha value is -2.14. The van der Waals surface area contributed by atoms with Crippen molar-refractivity contribution < 1.29 is 9.18 Å². The lowest BCUT2D eigenvalue weighted by molar-refractivity contribution is 0.0697. The number of hydrogen-bond donors (Lipinski definition) is 1. The number of carbonyl (C=O) groups is 1. The Morgan fingerprint density at radius 2 is 2.04 bits per heavy atom. The number of nitrogens with one attached hydrogen (secondary N) is 1. The first-order chi connectivity index (χ1) is 12.4. The Labute approximate surface area is 158 Å². The van der Waals surface area contributed by atoms with Crippen LogP contribution in [0.1, 0.15) is 48.7 Å². The molecule has 1 atom stereocenters. The van der Waals surface area contributed by atoms with Crippen LogP contribution in [0.5, 0.6) is 0 Å². The van der Waals surface area contributed by atoms with Crippen molar-refractivity contribution >= 4 is 23.3 Å². The lowest BCUT2D eigenvalue weighted by Gasteiger charge is -2.30. The molecule has 0 saturated carbocycles. The fraction of sp³-hybridized carbons (Fsp3) is 0.400. The second kappa shape index (κ2) is 8.04. The normalized spacial score (nSPS) is 16.4. The molecule has 0 radical (unpaired) electrons. The van der Waals surface area contributed by atoms with Crippen LogP contribution in [-0.4, -0.2) is 28.9 Å². The third-order valence-corrected chi connectivity index (χ3v) is 5.20. The number of piperidine rings is 1. The van der Waals surface area contributed by atoms with Crippen molar-refractivity contribution in [3.63, 3.8) is 0 Å². The van der Waals surface area contributed by atoms with E-state index in [1.54, 1.807) is 24.4 Å². The predicted molar refractivity (Wildman–Crippen MR) is 102 cm³/mol. The quantitative estimate of drug-likeness (QED) is 0.825. The van der Waals surface area contributed by atoms with Crippen molar-refractivity contribution in [3.8, 4) is 0 Å². The third-order valence-electron chi connectivity index (χ3n) is 4.87. The molecule has 1 aromatic heterocycles. The number of carbonyl (C=O) groups excluding carboxylic acids is 1. The Kier molecular flexibility index (Phi) is 5.77. The zero-order valence-corrected chi connectivity index (χ0v) is 15.8. The van der Waals surface area contributed by atoms with Gasteiger partial charge in [0.25, 0.3) is 5.91 Å². The second-order valence-corrected chi connectivity index (χ2v) is 7.35. The van der Waals surface area contributed by atoms with Crippen LogP contribution in [-0.2, 0) is 0 Å². The standard InChI is InChI=1S/C20H23ClFN3O/c1-13-7-9-25(10-8-13)20(26)15-3-6-19(23-12-15)24-14(2)17-5-4-16(22)11-18(17)21/h3-6,11-14H,7-10H2,1-2H3,(H,23,24). The van der Waals surface area contributed by atoms with Crippen LogP contribution >= 0.6 is 11.6 Å². The molecule has 3 rings (SSSR count). The highest BCUT2D eigenvalue weighted by molar-refractivity contribution is 6.31. The van der Waals surface area contributed by atoms with Crippen LogP contribution in [0.3, 0.4) is 0 Å². The summed E-state index contributed by atoms with van der Waals surface area (Å²) >= 11 is 6.10. The molecule has 1 aliphatic rings. The zero-order valence-electron chi connectivity index (χ0n) is 15.0. The molecule has 1 saturated heterocycles. The third kappa shape index (κ3) is 4.33. The van der Waals surface area contributed by atoms with Crippen LogP contribution in [0.15, 0.2) is 36.5 Å². The summed E-state index contributed by atoms with van der Waals surface area (Å²) < 4.78 is 13.2. The molecule has 0 aliphatic carbocycles. The summed E-state index contributed by atoms with van der Waals surface area (Å²) in [4.78, 5) is 18.8. The minimum absolute atomic E-state index is 0.0329. The molecular formula is C20H23ClFN3O. The van der Waals surface area contributed by atoms with Gasteiger partial charge in [-0.15, -0.1) is 0 Å². The first kappa shape index (κ1) is 18.6. The van der Waals surface area contributed by atoms with E-state index >= 15 is 0 Å². The van der Waals surface area contributed by atoms with Crippen LogP contribution in [0.25, 0.3) is 0 Å². The van der Waals surface area contributed by atoms with E-state index in [1.807, 2.05) is 11.8 Å². The Balaban J connectivity index is 1.64. The monoisotopic (exact) mass is 375 g/mol. The van der Waals surface area contributed by atoms with Crippen LogP contribution < -0.4 is 5.32 Å². The summed E-state index contributed by atoms with van der Waals surface area (Å²) in [5, 5.41) is 3.60. The fourth-order valence-electron chi connectivity index (χ4n) is 3.15. The molecule has 2 heterocycles. The molecule has 1 unspecified atom stereocenters. The van der Waals surface area contributed by atoms with Gasteiger partial charge in [-0.1, -0.05) is 24.6 Å².